The van der Waals surface area contributed by atoms with Gasteiger partial charge in [0.05, 0.1) is 29.1 Å². The van der Waals surface area contributed by atoms with Crippen LogP contribution in [0.4, 0.5) is 5.82 Å². The van der Waals surface area contributed by atoms with E-state index in [1.807, 2.05) is 59.3 Å². The number of pyridine rings is 1. The van der Waals surface area contributed by atoms with Crippen molar-refractivity contribution in [3.8, 4) is 16.9 Å². The van der Waals surface area contributed by atoms with Crippen molar-refractivity contribution < 1.29 is 56.7 Å². The third kappa shape index (κ3) is 13.1. The van der Waals surface area contributed by atoms with E-state index in [0.717, 1.165) is 62.9 Å². The summed E-state index contributed by atoms with van der Waals surface area (Å²) in [5, 5.41) is 5.04. The van der Waals surface area contributed by atoms with Crippen molar-refractivity contribution in [2.24, 2.45) is 28.2 Å². The van der Waals surface area contributed by atoms with Crippen LogP contribution in [0.1, 0.15) is 99.0 Å². The summed E-state index contributed by atoms with van der Waals surface area (Å²) in [6.45, 7) is 18.7. The molecule has 0 radical (unpaired) electrons. The Morgan fingerprint density at radius 1 is 0.833 bits per heavy atom. The quantitative estimate of drug-likeness (QED) is 0.0243. The van der Waals surface area contributed by atoms with Crippen molar-refractivity contribution in [3.63, 3.8) is 0 Å². The number of para-hydroxylation sites is 1. The summed E-state index contributed by atoms with van der Waals surface area (Å²) in [6, 6.07) is 25.8. The fraction of sp³-hybridized carbons (Fsp3) is 0.508. The number of carbonyl (C=O) groups excluding carboxylic acids is 4. The molecule has 3 aromatic heterocycles. The fourth-order valence-corrected chi connectivity index (χ4v) is 17.0. The summed E-state index contributed by atoms with van der Waals surface area (Å²) in [6.07, 6.45) is 4.71. The number of nitrogens with zero attached hydrogens (tertiary/aromatic N) is 6. The van der Waals surface area contributed by atoms with E-state index in [1.54, 1.807) is 37.9 Å². The standard InChI is InChI=1S/C63H77N6O12PSSi/c1-38-51(33-64-69(38)36-63-30-44-27-45(31-63)29-46(28-44)32-63)50-21-22-55(67-24-23-47-13-12-14-49(52(47)34-67)59(73)66-62-68(37-75-25-26-84(7,8)9)53-15-10-11-16-54(53)83-62)65-60(50)82(6,74)76-35-43-17-19-48(20-18-43)81-61-58(80-42(5)72)57(79-41(4)71)56(39(2)77-61)78-40(3)70/h10-22,33,39,44-46,56-58,61H,23-32,34-37H2,1-9H3/b66-62-/t39-,44?,45?,46?,56+,57+,58-,61-,63?,82?/m0/s1. The lowest BCUT2D eigenvalue weighted by molar-refractivity contribution is -0.280. The second-order valence-electron chi connectivity index (χ2n) is 25.2. The Balaban J connectivity index is 0.867. The monoisotopic (exact) mass is 1200 g/mol. The molecule has 1 amide bonds. The molecule has 84 heavy (non-hydrogen) atoms. The molecule has 1 saturated heterocycles. The maximum atomic E-state index is 15.5. The third-order valence-electron chi connectivity index (χ3n) is 17.4. The van der Waals surface area contributed by atoms with Gasteiger partial charge in [0.25, 0.3) is 5.91 Å². The number of fused-ring (bicyclic) bond motifs is 2. The van der Waals surface area contributed by atoms with Gasteiger partial charge in [0, 0.05) is 84.1 Å². The van der Waals surface area contributed by atoms with Gasteiger partial charge in [-0.15, -0.1) is 0 Å². The maximum Gasteiger partial charge on any atom is 0.303 e. The largest absolute Gasteiger partial charge is 0.461 e. The first kappa shape index (κ1) is 59.4. The highest BCUT2D eigenvalue weighted by atomic mass is 32.1. The Labute approximate surface area is 495 Å². The zero-order chi connectivity index (χ0) is 59.2. The molecule has 446 valence electrons. The first-order valence-corrected chi connectivity index (χ1v) is 36.0. The number of hydrogen-bond acceptors (Lipinski definition) is 16. The first-order valence-electron chi connectivity index (χ1n) is 29.4. The van der Waals surface area contributed by atoms with E-state index in [1.165, 1.54) is 70.6 Å². The number of thiazole rings is 1. The van der Waals surface area contributed by atoms with Crippen LogP contribution in [0, 0.1) is 30.1 Å². The average Bonchev–Trinajstić information content (AvgIpc) is 1.82. The van der Waals surface area contributed by atoms with Crippen LogP contribution in [0.15, 0.2) is 90.1 Å². The highest BCUT2D eigenvalue weighted by Crippen LogP contribution is 2.61. The summed E-state index contributed by atoms with van der Waals surface area (Å²) in [5.74, 6) is 0.989. The third-order valence-corrected chi connectivity index (χ3v) is 21.9. The second-order valence-corrected chi connectivity index (χ2v) is 34.2. The summed E-state index contributed by atoms with van der Waals surface area (Å²) >= 11 is 1.47. The molecule has 0 N–H and O–H groups in total. The van der Waals surface area contributed by atoms with Crippen LogP contribution in [-0.2, 0) is 80.0 Å². The molecule has 5 fully saturated rings. The van der Waals surface area contributed by atoms with Crippen LogP contribution in [0.2, 0.25) is 25.7 Å². The maximum absolute atomic E-state index is 15.5. The van der Waals surface area contributed by atoms with Crippen LogP contribution in [0.5, 0.6) is 5.75 Å². The summed E-state index contributed by atoms with van der Waals surface area (Å²) in [5.41, 5.74) is 7.17. The predicted octanol–water partition coefficient (Wildman–Crippen LogP) is 10.8. The zero-order valence-electron chi connectivity index (χ0n) is 49.5. The van der Waals surface area contributed by atoms with Gasteiger partial charge in [0.2, 0.25) is 19.8 Å². The molecule has 4 bridgehead atoms. The summed E-state index contributed by atoms with van der Waals surface area (Å²) in [4.78, 5) is 64.0. The molecule has 6 aliphatic rings. The van der Waals surface area contributed by atoms with Gasteiger partial charge in [-0.05, 0) is 147 Å². The van der Waals surface area contributed by atoms with Gasteiger partial charge >= 0.3 is 17.9 Å². The number of esters is 3. The summed E-state index contributed by atoms with van der Waals surface area (Å²) < 4.78 is 62.4. The average molecular weight is 1200 g/mol. The fourth-order valence-electron chi connectivity index (χ4n) is 13.8. The number of hydrogen-bond donors (Lipinski definition) is 0. The Bertz CT molecular complexity index is 3560. The number of rotatable bonds is 19. The van der Waals surface area contributed by atoms with Crippen molar-refractivity contribution in [2.75, 3.05) is 24.7 Å². The highest BCUT2D eigenvalue weighted by molar-refractivity contribution is 7.66. The molecule has 0 spiro atoms. The minimum Gasteiger partial charge on any atom is -0.461 e. The Morgan fingerprint density at radius 2 is 1.51 bits per heavy atom. The molecule has 3 aromatic carbocycles. The molecule has 2 aliphatic heterocycles. The van der Waals surface area contributed by atoms with E-state index in [0.29, 0.717) is 71.3 Å². The Hall–Kier alpha value is -6.28. The first-order chi connectivity index (χ1) is 40.1. The molecule has 4 aliphatic carbocycles. The molecule has 5 heterocycles. The van der Waals surface area contributed by atoms with Gasteiger partial charge in [-0.1, -0.05) is 67.4 Å². The van der Waals surface area contributed by atoms with E-state index in [2.05, 4.69) is 42.2 Å². The van der Waals surface area contributed by atoms with Gasteiger partial charge in [0.15, 0.2) is 17.0 Å². The van der Waals surface area contributed by atoms with Crippen LogP contribution in [0.3, 0.4) is 0 Å². The van der Waals surface area contributed by atoms with Gasteiger partial charge in [-0.3, -0.25) is 33.0 Å². The lowest BCUT2D eigenvalue weighted by atomic mass is 9.49. The number of amides is 1. The molecule has 18 nitrogen and oxygen atoms in total. The van der Waals surface area contributed by atoms with Crippen molar-refractivity contribution in [1.82, 2.24) is 19.3 Å². The molecular weight excluding hydrogens is 1120 g/mol. The minimum atomic E-state index is -3.76. The van der Waals surface area contributed by atoms with Crippen molar-refractivity contribution >= 4 is 72.1 Å². The predicted molar refractivity (Wildman–Crippen MR) is 322 cm³/mol. The molecule has 6 aromatic rings. The number of aromatic nitrogens is 4. The number of ether oxygens (including phenoxy) is 6. The number of anilines is 1. The SMILES string of the molecule is CC(=O)O[C@H]1[C@H](OC(C)=O)[C@H](Oc2ccc(COP(C)(=O)c3nc(N4CCc5cccc(C(=O)/N=c6\sc7ccccc7n6COCC[Si](C)(C)C)c5C4)ccc3-c3cnn(CC45CC6CC(CC(C6)C4)C5)c3C)cc2)O[C@@H](C)[C@H]1OC(C)=O. The molecular formula is C63H77N6O12PSSi. The molecule has 4 saturated carbocycles. The van der Waals surface area contributed by atoms with E-state index in [-0.39, 0.29) is 17.9 Å². The minimum absolute atomic E-state index is 0.0498. The van der Waals surface area contributed by atoms with Gasteiger partial charge in [0.1, 0.15) is 23.7 Å². The van der Waals surface area contributed by atoms with Gasteiger partial charge < -0.3 is 37.8 Å². The smallest absolute Gasteiger partial charge is 0.303 e. The number of carbonyl (C=O) groups is 4. The van der Waals surface area contributed by atoms with Crippen LogP contribution < -0.4 is 19.9 Å². The van der Waals surface area contributed by atoms with E-state index >= 15 is 4.57 Å². The van der Waals surface area contributed by atoms with Gasteiger partial charge in [-0.2, -0.15) is 10.1 Å². The van der Waals surface area contributed by atoms with Crippen molar-refractivity contribution in [2.45, 2.75) is 162 Å². The lowest BCUT2D eigenvalue weighted by Crippen LogP contribution is -2.62. The second kappa shape index (κ2) is 24.2. The van der Waals surface area contributed by atoms with Crippen LogP contribution >= 0.6 is 18.7 Å². The topological polar surface area (TPSA) is 201 Å². The number of benzene rings is 3. The summed E-state index contributed by atoms with van der Waals surface area (Å²) in [7, 11) is -5.08. The Kier molecular flexibility index (Phi) is 17.2. The van der Waals surface area contributed by atoms with Crippen LogP contribution in [-0.4, -0.2) is 102 Å². The van der Waals surface area contributed by atoms with Crippen molar-refractivity contribution in [3.05, 3.63) is 118 Å². The normalized spacial score (nSPS) is 25.5. The molecule has 1 unspecified atom stereocenters. The lowest BCUT2D eigenvalue weighted by Gasteiger charge is -2.56. The van der Waals surface area contributed by atoms with Crippen molar-refractivity contribution in [1.29, 1.82) is 0 Å². The molecule has 6 atom stereocenters. The van der Waals surface area contributed by atoms with E-state index < -0.39 is 64.1 Å². The van der Waals surface area contributed by atoms with Crippen LogP contribution in [0.25, 0.3) is 21.3 Å². The molecule has 12 rings (SSSR count). The Morgan fingerprint density at radius 3 is 2.20 bits per heavy atom. The zero-order valence-corrected chi connectivity index (χ0v) is 52.2. The van der Waals surface area contributed by atoms with E-state index in [4.69, 9.17) is 48.0 Å². The molecule has 21 heteroatoms. The van der Waals surface area contributed by atoms with E-state index in [9.17, 15) is 19.2 Å². The highest BCUT2D eigenvalue weighted by Gasteiger charge is 2.53. The van der Waals surface area contributed by atoms with Gasteiger partial charge in [-0.25, -0.2) is 4.98 Å².